The van der Waals surface area contributed by atoms with Crippen molar-refractivity contribution in [3.63, 3.8) is 0 Å². The summed E-state index contributed by atoms with van der Waals surface area (Å²) in [7, 11) is 0. The Morgan fingerprint density at radius 2 is 2.00 bits per heavy atom. The Bertz CT molecular complexity index is 126. The maximum Gasteiger partial charge on any atom is 0.228 e. The minimum absolute atomic E-state index is 0.324. The van der Waals surface area contributed by atoms with Crippen LogP contribution in [0.25, 0.3) is 4.85 Å². The third kappa shape index (κ3) is 1.45. The minimum Gasteiger partial charge on any atom is -0.313 e. The van der Waals surface area contributed by atoms with Crippen LogP contribution in [0.5, 0.6) is 0 Å². The van der Waals surface area contributed by atoms with Crippen molar-refractivity contribution in [2.24, 2.45) is 11.8 Å². The molecule has 1 saturated carbocycles. The van der Waals surface area contributed by atoms with Gasteiger partial charge in [-0.2, -0.15) is 0 Å². The molecule has 0 aliphatic heterocycles. The van der Waals surface area contributed by atoms with Gasteiger partial charge in [-0.15, -0.1) is 0 Å². The lowest BCUT2D eigenvalue weighted by atomic mass is 10.0. The summed E-state index contributed by atoms with van der Waals surface area (Å²) < 4.78 is 0. The molecule has 1 unspecified atom stereocenters. The maximum absolute atomic E-state index is 6.89. The van der Waals surface area contributed by atoms with E-state index in [4.69, 9.17) is 6.57 Å². The largest absolute Gasteiger partial charge is 0.313 e. The molecule has 0 heterocycles. The highest BCUT2D eigenvalue weighted by Crippen LogP contribution is 2.37. The van der Waals surface area contributed by atoms with Crippen LogP contribution in [0, 0.1) is 18.4 Å². The van der Waals surface area contributed by atoms with E-state index in [0.29, 0.717) is 12.0 Å². The molecule has 1 aliphatic carbocycles. The highest BCUT2D eigenvalue weighted by atomic mass is 14.8. The fourth-order valence-corrected chi connectivity index (χ4v) is 1.24. The van der Waals surface area contributed by atoms with E-state index in [1.54, 1.807) is 0 Å². The molecule has 0 amide bonds. The third-order valence-corrected chi connectivity index (χ3v) is 1.94. The third-order valence-electron chi connectivity index (χ3n) is 1.94. The van der Waals surface area contributed by atoms with Crippen LogP contribution in [0.3, 0.4) is 0 Å². The first kappa shape index (κ1) is 6.61. The highest BCUT2D eigenvalue weighted by Gasteiger charge is 2.37. The summed E-state index contributed by atoms with van der Waals surface area (Å²) in [5.74, 6) is 1.32. The molecule has 1 fully saturated rings. The van der Waals surface area contributed by atoms with Gasteiger partial charge in [0.15, 0.2) is 0 Å². The standard InChI is InChI=1S/C8H13N/c1-6(2)8(9-3)7-4-5-7/h6-8H,4-5H2,1-2H3. The van der Waals surface area contributed by atoms with Crippen LogP contribution in [-0.4, -0.2) is 6.04 Å². The van der Waals surface area contributed by atoms with Crippen LogP contribution in [-0.2, 0) is 0 Å². The van der Waals surface area contributed by atoms with Crippen molar-refractivity contribution >= 4 is 0 Å². The van der Waals surface area contributed by atoms with Crippen molar-refractivity contribution < 1.29 is 0 Å². The van der Waals surface area contributed by atoms with Gasteiger partial charge in [-0.3, -0.25) is 0 Å². The molecule has 0 aromatic rings. The predicted octanol–water partition coefficient (Wildman–Crippen LogP) is 2.34. The zero-order chi connectivity index (χ0) is 6.85. The summed E-state index contributed by atoms with van der Waals surface area (Å²) in [4.78, 5) is 3.60. The Labute approximate surface area is 56.9 Å². The fraction of sp³-hybridized carbons (Fsp3) is 0.875. The average molecular weight is 123 g/mol. The molecule has 0 bridgehead atoms. The normalized spacial score (nSPS) is 21.6. The molecule has 1 aliphatic rings. The first-order valence-electron chi connectivity index (χ1n) is 3.62. The smallest absolute Gasteiger partial charge is 0.228 e. The van der Waals surface area contributed by atoms with Gasteiger partial charge in [-0.1, -0.05) is 13.8 Å². The van der Waals surface area contributed by atoms with E-state index < -0.39 is 0 Å². The Balaban J connectivity index is 2.40. The van der Waals surface area contributed by atoms with E-state index in [1.165, 1.54) is 12.8 Å². The van der Waals surface area contributed by atoms with Gasteiger partial charge in [0, 0.05) is 11.8 Å². The van der Waals surface area contributed by atoms with E-state index in [2.05, 4.69) is 18.7 Å². The van der Waals surface area contributed by atoms with Crippen molar-refractivity contribution in [3.05, 3.63) is 11.4 Å². The van der Waals surface area contributed by atoms with Gasteiger partial charge in [0.05, 0.1) is 0 Å². The van der Waals surface area contributed by atoms with Crippen LogP contribution in [0.15, 0.2) is 0 Å². The first-order chi connectivity index (χ1) is 4.25. The maximum atomic E-state index is 6.89. The molecule has 0 aromatic carbocycles. The van der Waals surface area contributed by atoms with Gasteiger partial charge in [0.2, 0.25) is 6.04 Å². The molecule has 1 atom stereocenters. The molecule has 1 rings (SSSR count). The lowest BCUT2D eigenvalue weighted by Crippen LogP contribution is -2.12. The van der Waals surface area contributed by atoms with E-state index in [9.17, 15) is 0 Å². The van der Waals surface area contributed by atoms with Crippen molar-refractivity contribution in [1.82, 2.24) is 0 Å². The molecule has 0 aromatic heterocycles. The van der Waals surface area contributed by atoms with Crippen molar-refractivity contribution in [3.8, 4) is 0 Å². The van der Waals surface area contributed by atoms with E-state index in [0.717, 1.165) is 5.92 Å². The summed E-state index contributed by atoms with van der Waals surface area (Å²) in [6.07, 6.45) is 2.59. The van der Waals surface area contributed by atoms with Gasteiger partial charge >= 0.3 is 0 Å². The number of rotatable bonds is 2. The van der Waals surface area contributed by atoms with Gasteiger partial charge in [-0.25, -0.2) is 6.57 Å². The zero-order valence-electron chi connectivity index (χ0n) is 6.09. The van der Waals surface area contributed by atoms with Crippen molar-refractivity contribution in [1.29, 1.82) is 0 Å². The molecule has 1 nitrogen and oxygen atoms in total. The number of hydrogen-bond acceptors (Lipinski definition) is 0. The molecule has 0 spiro atoms. The second-order valence-corrected chi connectivity index (χ2v) is 3.20. The summed E-state index contributed by atoms with van der Waals surface area (Å²) in [5.41, 5.74) is 0. The number of nitrogens with zero attached hydrogens (tertiary/aromatic N) is 1. The van der Waals surface area contributed by atoms with Crippen molar-refractivity contribution in [2.75, 3.05) is 0 Å². The highest BCUT2D eigenvalue weighted by molar-refractivity contribution is 4.94. The molecular formula is C8H13N. The minimum atomic E-state index is 0.324. The number of hydrogen-bond donors (Lipinski definition) is 0. The molecule has 9 heavy (non-hydrogen) atoms. The van der Waals surface area contributed by atoms with Crippen LogP contribution >= 0.6 is 0 Å². The van der Waals surface area contributed by atoms with Crippen LogP contribution in [0.1, 0.15) is 26.7 Å². The molecule has 1 heteroatoms. The van der Waals surface area contributed by atoms with Gasteiger partial charge in [0.1, 0.15) is 0 Å². The summed E-state index contributed by atoms with van der Waals surface area (Å²) >= 11 is 0. The summed E-state index contributed by atoms with van der Waals surface area (Å²) in [6, 6.07) is 0.324. The first-order valence-corrected chi connectivity index (χ1v) is 3.62. The zero-order valence-corrected chi connectivity index (χ0v) is 6.09. The second-order valence-electron chi connectivity index (χ2n) is 3.20. The molecular weight excluding hydrogens is 110 g/mol. The van der Waals surface area contributed by atoms with Gasteiger partial charge in [0.25, 0.3) is 0 Å². The molecule has 0 saturated heterocycles. The molecule has 0 N–H and O–H groups in total. The van der Waals surface area contributed by atoms with E-state index >= 15 is 0 Å². The lowest BCUT2D eigenvalue weighted by molar-refractivity contribution is 0.503. The second kappa shape index (κ2) is 2.39. The predicted molar refractivity (Wildman–Crippen MR) is 38.0 cm³/mol. The fourth-order valence-electron chi connectivity index (χ4n) is 1.24. The van der Waals surface area contributed by atoms with Crippen LogP contribution < -0.4 is 0 Å². The van der Waals surface area contributed by atoms with Crippen LogP contribution in [0.4, 0.5) is 0 Å². The molecule has 50 valence electrons. The van der Waals surface area contributed by atoms with E-state index in [1.807, 2.05) is 0 Å². The Hall–Kier alpha value is -0.510. The Kier molecular flexibility index (Phi) is 1.75. The topological polar surface area (TPSA) is 4.36 Å². The van der Waals surface area contributed by atoms with Crippen LogP contribution in [0.2, 0.25) is 0 Å². The van der Waals surface area contributed by atoms with Gasteiger partial charge < -0.3 is 4.85 Å². The molecule has 0 radical (unpaired) electrons. The quantitative estimate of drug-likeness (QED) is 0.496. The van der Waals surface area contributed by atoms with Crippen molar-refractivity contribution in [2.45, 2.75) is 32.7 Å². The summed E-state index contributed by atoms with van der Waals surface area (Å²) in [6.45, 7) is 11.2. The lowest BCUT2D eigenvalue weighted by Gasteiger charge is -2.05. The van der Waals surface area contributed by atoms with E-state index in [-0.39, 0.29) is 0 Å². The average Bonchev–Trinajstić information content (AvgIpc) is 2.50. The SMILES string of the molecule is [C-]#[N+]C(C(C)C)C1CC1. The summed E-state index contributed by atoms with van der Waals surface area (Å²) in [5, 5.41) is 0. The van der Waals surface area contributed by atoms with Gasteiger partial charge in [-0.05, 0) is 12.8 Å². The Morgan fingerprint density at radius 3 is 2.11 bits per heavy atom. The monoisotopic (exact) mass is 123 g/mol. The Morgan fingerprint density at radius 1 is 1.44 bits per heavy atom.